The maximum Gasteiger partial charge on any atom is 0.0713 e. The van der Waals surface area contributed by atoms with Gasteiger partial charge in [0.2, 0.25) is 0 Å². The molecule has 0 nitrogen and oxygen atoms in total. The second-order valence-corrected chi connectivity index (χ2v) is 16.8. The molecule has 0 amide bonds. The van der Waals surface area contributed by atoms with Crippen molar-refractivity contribution in [3.63, 3.8) is 0 Å². The molecule has 326 valence electrons. The molecule has 11 aromatic carbocycles. The highest BCUT2D eigenvalue weighted by Crippen LogP contribution is 2.59. The first-order chi connectivity index (χ1) is 46.5. The van der Waals surface area contributed by atoms with Gasteiger partial charge in [0.25, 0.3) is 0 Å². The monoisotopic (exact) mass is 909 g/mol. The van der Waals surface area contributed by atoms with Crippen LogP contribution in [0, 0.1) is 0 Å². The molecule has 1 unspecified atom stereocenters. The van der Waals surface area contributed by atoms with Crippen molar-refractivity contribution < 1.29 is 41.1 Å². The van der Waals surface area contributed by atoms with E-state index in [1.54, 1.807) is 12.1 Å². The summed E-state index contributed by atoms with van der Waals surface area (Å²) in [6.45, 7) is -7.90. The van der Waals surface area contributed by atoms with Gasteiger partial charge in [-0.25, -0.2) is 0 Å². The first kappa shape index (κ1) is 20.5. The van der Waals surface area contributed by atoms with E-state index in [2.05, 4.69) is 0 Å². The van der Waals surface area contributed by atoms with Crippen molar-refractivity contribution in [1.82, 2.24) is 0 Å². The van der Waals surface area contributed by atoms with Crippen molar-refractivity contribution in [2.24, 2.45) is 0 Å². The van der Waals surface area contributed by atoms with Crippen LogP contribution >= 0.6 is 0 Å². The van der Waals surface area contributed by atoms with Crippen LogP contribution in [0.3, 0.4) is 0 Å². The molecular weight excluding hydrogens is 829 g/mol. The molecular formula is C69H50. The molecule has 0 spiro atoms. The summed E-state index contributed by atoms with van der Waals surface area (Å²) < 4.78 is 284. The Bertz CT molecular complexity index is 5240. The summed E-state index contributed by atoms with van der Waals surface area (Å²) in [5, 5.41) is 1.65. The molecule has 0 saturated carbocycles. The van der Waals surface area contributed by atoms with Gasteiger partial charge < -0.3 is 0 Å². The minimum Gasteiger partial charge on any atom is -0.0622 e. The van der Waals surface area contributed by atoms with Crippen molar-refractivity contribution in [1.29, 1.82) is 0 Å². The van der Waals surface area contributed by atoms with Crippen LogP contribution in [0.2, 0.25) is 0 Å². The summed E-state index contributed by atoms with van der Waals surface area (Å²) in [5.41, 5.74) is -14.0. The van der Waals surface area contributed by atoms with Crippen LogP contribution in [-0.4, -0.2) is 0 Å². The zero-order valence-electron chi connectivity index (χ0n) is 66.0. The van der Waals surface area contributed by atoms with E-state index in [4.69, 9.17) is 11.0 Å². The smallest absolute Gasteiger partial charge is 0.0622 e. The van der Waals surface area contributed by atoms with Crippen LogP contribution < -0.4 is 0 Å². The molecule has 0 N–H and O–H groups in total. The van der Waals surface area contributed by atoms with Gasteiger partial charge in [0.15, 0.2) is 0 Å². The van der Waals surface area contributed by atoms with Gasteiger partial charge >= 0.3 is 0 Å². The van der Waals surface area contributed by atoms with Crippen molar-refractivity contribution in [2.45, 2.75) is 30.5 Å². The highest BCUT2D eigenvalue weighted by atomic mass is 14.5. The van der Waals surface area contributed by atoms with E-state index < -0.39 is 242 Å². The van der Waals surface area contributed by atoms with Gasteiger partial charge in [-0.05, 0) is 116 Å². The number of rotatable bonds is 8. The minimum absolute atomic E-state index is 0.193. The molecule has 0 fully saturated rings. The average Bonchev–Trinajstić information content (AvgIpc) is 1.52. The first-order valence-corrected chi connectivity index (χ1v) is 21.9. The topological polar surface area (TPSA) is 0 Å². The van der Waals surface area contributed by atoms with E-state index in [0.29, 0.717) is 11.1 Å². The molecule has 1 atom stereocenters. The lowest BCUT2D eigenvalue weighted by Gasteiger charge is -2.34. The quantitative estimate of drug-likeness (QED) is 0.133. The SMILES string of the molecule is [2H]c1c([2H])c([2H])c(C2(c3c([2H])c([2H])c([2H])c([2H])c3[2H])c3c([2H])c([2H])c([2H])c([2H])c3-c3c(C(c4ccc(-c5ccc6ccccc6c5-c5ccc(-c6ccccc6)cc5)cc4)c4c([2H])c([2H])c5c(c4[2H])C(C([2H])([2H])[2H])(C([2H])([2H])[2H])c4c([2H])c([2H])c([2H])c([2H])c4-5)c([2H])c([2H])c([2H])c32)c([2H])c1[2H]. The highest BCUT2D eigenvalue weighted by Gasteiger charge is 2.47. The maximum atomic E-state index is 10.6. The minimum atomic E-state index is -3.95. The molecule has 0 bridgehead atoms. The fraction of sp³-hybridized carbons (Fsp3) is 0.0725. The number of hydrogen-bond acceptors (Lipinski definition) is 0. The van der Waals surface area contributed by atoms with Crippen LogP contribution in [0.1, 0.15) is 111 Å². The summed E-state index contributed by atoms with van der Waals surface area (Å²) >= 11 is 0. The Hall–Kier alpha value is -8.32. The standard InChI is InChI=1S/C69H50/c1-68(2)61-30-16-14-27-57(61)58-44-42-52(45-64(58)68)65(60-29-18-32-63-67(60)59-28-15-17-31-62(59)69(63,53-22-8-4-9-23-53)54-24-10-5-11-25-54)50-39-35-49(36-40-50)56-43-41-48-21-12-13-26-55(48)66(56)51-37-33-47(34-38-51)46-19-6-3-7-20-46/h3-45,65H,1-2H3/i1D3,2D3,4D,5D,8D,9D,10D,11D,14D,15D,16D,17D,18D,22D,23D,24D,25D,27D,28D,29D,30D,31D,32D,42D,44D,45D. The zero-order chi connectivity index (χ0) is 72.0. The Balaban J connectivity index is 1.24. The molecule has 69 heavy (non-hydrogen) atoms. The molecule has 0 aliphatic heterocycles. The Labute approximate surface area is 448 Å². The molecule has 13 rings (SSSR count). The Morgan fingerprint density at radius 2 is 0.971 bits per heavy atom. The van der Waals surface area contributed by atoms with Crippen LogP contribution in [0.25, 0.3) is 66.4 Å². The van der Waals surface area contributed by atoms with Gasteiger partial charge in [-0.3, -0.25) is 0 Å². The Kier molecular flexibility index (Phi) is 4.81. The van der Waals surface area contributed by atoms with Crippen molar-refractivity contribution in [3.8, 4) is 55.6 Å². The van der Waals surface area contributed by atoms with E-state index >= 15 is 0 Å². The highest BCUT2D eigenvalue weighted by molar-refractivity contribution is 6.04. The van der Waals surface area contributed by atoms with Gasteiger partial charge in [0, 0.05) is 19.6 Å². The Morgan fingerprint density at radius 1 is 0.377 bits per heavy atom. The summed E-state index contributed by atoms with van der Waals surface area (Å²) in [4.78, 5) is 0. The Morgan fingerprint density at radius 3 is 1.71 bits per heavy atom. The van der Waals surface area contributed by atoms with E-state index in [0.717, 1.165) is 33.0 Å². The van der Waals surface area contributed by atoms with E-state index in [9.17, 15) is 30.2 Å². The molecule has 0 heteroatoms. The summed E-state index contributed by atoms with van der Waals surface area (Å²) in [6, 6.07) is 7.63. The second-order valence-electron chi connectivity index (χ2n) is 16.8. The van der Waals surface area contributed by atoms with Gasteiger partial charge in [-0.1, -0.05) is 274 Å². The third-order valence-corrected chi connectivity index (χ3v) is 13.2. The van der Waals surface area contributed by atoms with Crippen LogP contribution in [-0.2, 0) is 10.8 Å². The van der Waals surface area contributed by atoms with Crippen LogP contribution in [0.4, 0.5) is 0 Å². The number of benzene rings is 11. The molecule has 2 aliphatic rings. The lowest BCUT2D eigenvalue weighted by Crippen LogP contribution is -2.28. The van der Waals surface area contributed by atoms with E-state index in [1.807, 2.05) is 91.0 Å². The van der Waals surface area contributed by atoms with Gasteiger partial charge in [-0.15, -0.1) is 0 Å². The van der Waals surface area contributed by atoms with Crippen molar-refractivity contribution in [3.05, 3.63) is 310 Å². The summed E-state index contributed by atoms with van der Waals surface area (Å²) in [7, 11) is 0. The van der Waals surface area contributed by atoms with Crippen LogP contribution in [0.15, 0.2) is 260 Å². The molecule has 0 saturated heterocycles. The van der Waals surface area contributed by atoms with Crippen molar-refractivity contribution >= 4 is 10.8 Å². The normalized spacial score (nSPS) is 20.6. The molecule has 11 aromatic rings. The molecule has 0 aromatic heterocycles. The summed E-state index contributed by atoms with van der Waals surface area (Å²) in [5.74, 6) is -2.26. The number of hydrogen-bond donors (Lipinski definition) is 0. The van der Waals surface area contributed by atoms with Crippen LogP contribution in [0.5, 0.6) is 0 Å². The average molecular weight is 909 g/mol. The fourth-order valence-corrected chi connectivity index (χ4v) is 10.1. The van der Waals surface area contributed by atoms with Crippen molar-refractivity contribution in [2.75, 3.05) is 0 Å². The van der Waals surface area contributed by atoms with Gasteiger partial charge in [0.05, 0.1) is 38.3 Å². The van der Waals surface area contributed by atoms with E-state index in [1.165, 1.54) is 12.1 Å². The molecule has 0 heterocycles. The predicted octanol–water partition coefficient (Wildman–Crippen LogP) is 17.7. The maximum absolute atomic E-state index is 10.6. The third-order valence-electron chi connectivity index (χ3n) is 13.2. The fourth-order valence-electron chi connectivity index (χ4n) is 10.1. The zero-order valence-corrected chi connectivity index (χ0v) is 36.0. The molecule has 0 radical (unpaired) electrons. The summed E-state index contributed by atoms with van der Waals surface area (Å²) in [6.07, 6.45) is 0. The van der Waals surface area contributed by atoms with E-state index in [-0.39, 0.29) is 5.56 Å². The largest absolute Gasteiger partial charge is 0.0713 e. The first-order valence-electron chi connectivity index (χ1n) is 36.9. The van der Waals surface area contributed by atoms with Gasteiger partial charge in [-0.2, -0.15) is 0 Å². The lowest BCUT2D eigenvalue weighted by molar-refractivity contribution is 0.659. The lowest BCUT2D eigenvalue weighted by atomic mass is 9.67. The van der Waals surface area contributed by atoms with Gasteiger partial charge in [0.1, 0.15) is 0 Å². The molecule has 2 aliphatic carbocycles. The second kappa shape index (κ2) is 16.2. The predicted molar refractivity (Wildman–Crippen MR) is 289 cm³/mol. The third kappa shape index (κ3) is 6.36. The number of fused-ring (bicyclic) bond motifs is 7.